The molecule has 0 aromatic carbocycles. The van der Waals surface area contributed by atoms with E-state index in [1.807, 2.05) is 0 Å². The maximum Gasteiger partial charge on any atom is 0.00671 e. The van der Waals surface area contributed by atoms with E-state index in [0.29, 0.717) is 0 Å². The van der Waals surface area contributed by atoms with Gasteiger partial charge in [0.05, 0.1) is 0 Å². The van der Waals surface area contributed by atoms with Gasteiger partial charge in [0.2, 0.25) is 0 Å². The van der Waals surface area contributed by atoms with Gasteiger partial charge in [-0.25, -0.2) is 0 Å². The molecule has 0 saturated heterocycles. The predicted molar refractivity (Wildman–Crippen MR) is 75.4 cm³/mol. The van der Waals surface area contributed by atoms with Gasteiger partial charge in [-0.15, -0.1) is 0 Å². The van der Waals surface area contributed by atoms with E-state index in [4.69, 9.17) is 0 Å². The first-order chi connectivity index (χ1) is 8.88. The van der Waals surface area contributed by atoms with Crippen molar-refractivity contribution in [1.82, 2.24) is 5.32 Å². The van der Waals surface area contributed by atoms with E-state index in [2.05, 4.69) is 5.32 Å². The third kappa shape index (κ3) is 2.13. The highest BCUT2D eigenvalue weighted by molar-refractivity contribution is 4.98. The number of hydrogen-bond acceptors (Lipinski definition) is 1. The molecule has 5 fully saturated rings. The SMILES string of the molecule is C1CCC(NCC2C3CC4CC(C3)CC2C4)CC1. The first-order valence-corrected chi connectivity index (χ1v) is 8.62. The van der Waals surface area contributed by atoms with E-state index in [0.717, 1.165) is 35.6 Å². The lowest BCUT2D eigenvalue weighted by molar-refractivity contribution is -0.0366. The Labute approximate surface area is 112 Å². The van der Waals surface area contributed by atoms with E-state index in [9.17, 15) is 0 Å². The minimum Gasteiger partial charge on any atom is -0.314 e. The van der Waals surface area contributed by atoms with Gasteiger partial charge >= 0.3 is 0 Å². The van der Waals surface area contributed by atoms with E-state index in [1.165, 1.54) is 38.6 Å². The molecule has 102 valence electrons. The Morgan fingerprint density at radius 2 is 1.33 bits per heavy atom. The second-order valence-electron chi connectivity index (χ2n) is 7.84. The lowest BCUT2D eigenvalue weighted by atomic mass is 9.52. The average molecular weight is 247 g/mol. The van der Waals surface area contributed by atoms with Crippen molar-refractivity contribution in [3.63, 3.8) is 0 Å². The molecule has 18 heavy (non-hydrogen) atoms. The highest BCUT2D eigenvalue weighted by Gasteiger charge is 2.47. The van der Waals surface area contributed by atoms with E-state index >= 15 is 0 Å². The molecule has 5 saturated carbocycles. The molecule has 1 nitrogen and oxygen atoms in total. The molecule has 5 rings (SSSR count). The van der Waals surface area contributed by atoms with Gasteiger partial charge in [-0.1, -0.05) is 19.3 Å². The maximum absolute atomic E-state index is 3.95. The standard InChI is InChI=1S/C17H29N/c1-2-4-16(5-3-1)18-11-17-14-7-12-6-13(9-14)10-15(17)8-12/h12-18H,1-11H2. The highest BCUT2D eigenvalue weighted by Crippen LogP contribution is 2.56. The summed E-state index contributed by atoms with van der Waals surface area (Å²) in [4.78, 5) is 0. The number of rotatable bonds is 3. The van der Waals surface area contributed by atoms with Gasteiger partial charge in [0.25, 0.3) is 0 Å². The molecule has 0 atom stereocenters. The molecule has 4 bridgehead atoms. The fourth-order valence-corrected chi connectivity index (χ4v) is 5.98. The van der Waals surface area contributed by atoms with Crippen molar-refractivity contribution in [3.05, 3.63) is 0 Å². The third-order valence-corrected chi connectivity index (χ3v) is 6.67. The Morgan fingerprint density at radius 1 is 0.722 bits per heavy atom. The summed E-state index contributed by atoms with van der Waals surface area (Å²) in [6.07, 6.45) is 15.3. The van der Waals surface area contributed by atoms with Crippen molar-refractivity contribution >= 4 is 0 Å². The van der Waals surface area contributed by atoms with Crippen molar-refractivity contribution in [1.29, 1.82) is 0 Å². The van der Waals surface area contributed by atoms with E-state index < -0.39 is 0 Å². The van der Waals surface area contributed by atoms with Crippen LogP contribution < -0.4 is 5.32 Å². The summed E-state index contributed by atoms with van der Waals surface area (Å²) >= 11 is 0. The number of hydrogen-bond donors (Lipinski definition) is 1. The summed E-state index contributed by atoms with van der Waals surface area (Å²) in [7, 11) is 0. The lowest BCUT2D eigenvalue weighted by Gasteiger charge is -2.54. The van der Waals surface area contributed by atoms with Crippen LogP contribution in [0.3, 0.4) is 0 Å². The molecule has 5 aliphatic carbocycles. The molecule has 0 amide bonds. The zero-order valence-corrected chi connectivity index (χ0v) is 11.7. The molecule has 0 aliphatic heterocycles. The van der Waals surface area contributed by atoms with E-state index in [1.54, 1.807) is 32.1 Å². The maximum atomic E-state index is 3.95. The Balaban J connectivity index is 1.34. The third-order valence-electron chi connectivity index (χ3n) is 6.67. The quantitative estimate of drug-likeness (QED) is 0.795. The average Bonchev–Trinajstić information content (AvgIpc) is 2.38. The Morgan fingerprint density at radius 3 is 1.94 bits per heavy atom. The second-order valence-corrected chi connectivity index (χ2v) is 7.84. The smallest absolute Gasteiger partial charge is 0.00671 e. The van der Waals surface area contributed by atoms with Gasteiger partial charge in [0, 0.05) is 6.04 Å². The van der Waals surface area contributed by atoms with Crippen LogP contribution in [-0.2, 0) is 0 Å². The molecule has 0 heterocycles. The van der Waals surface area contributed by atoms with Crippen LogP contribution in [0.15, 0.2) is 0 Å². The number of nitrogens with one attached hydrogen (secondary N) is 1. The van der Waals surface area contributed by atoms with Crippen molar-refractivity contribution in [2.24, 2.45) is 29.6 Å². The lowest BCUT2D eigenvalue weighted by Crippen LogP contribution is -2.49. The fraction of sp³-hybridized carbons (Fsp3) is 1.00. The first-order valence-electron chi connectivity index (χ1n) is 8.62. The van der Waals surface area contributed by atoms with Gasteiger partial charge in [-0.3, -0.25) is 0 Å². The molecule has 0 unspecified atom stereocenters. The van der Waals surface area contributed by atoms with Crippen molar-refractivity contribution in [3.8, 4) is 0 Å². The van der Waals surface area contributed by atoms with Gasteiger partial charge in [-0.05, 0) is 81.1 Å². The summed E-state index contributed by atoms with van der Waals surface area (Å²) in [6.45, 7) is 1.36. The van der Waals surface area contributed by atoms with Crippen molar-refractivity contribution < 1.29 is 0 Å². The van der Waals surface area contributed by atoms with Crippen LogP contribution in [-0.4, -0.2) is 12.6 Å². The highest BCUT2D eigenvalue weighted by atomic mass is 14.9. The largest absolute Gasteiger partial charge is 0.314 e. The summed E-state index contributed by atoms with van der Waals surface area (Å²) in [5, 5.41) is 3.95. The predicted octanol–water partition coefficient (Wildman–Crippen LogP) is 3.98. The van der Waals surface area contributed by atoms with Crippen LogP contribution in [0.2, 0.25) is 0 Å². The second kappa shape index (κ2) is 4.81. The minimum atomic E-state index is 0.871. The minimum absolute atomic E-state index is 0.871. The zero-order chi connectivity index (χ0) is 11.9. The molecular weight excluding hydrogens is 218 g/mol. The molecule has 0 aromatic rings. The van der Waals surface area contributed by atoms with Gasteiger partial charge in [-0.2, -0.15) is 0 Å². The zero-order valence-electron chi connectivity index (χ0n) is 11.7. The fourth-order valence-electron chi connectivity index (χ4n) is 5.98. The Bertz CT molecular complexity index is 264. The topological polar surface area (TPSA) is 12.0 Å². The monoisotopic (exact) mass is 247 g/mol. The summed E-state index contributed by atoms with van der Waals surface area (Å²) in [6, 6.07) is 0.871. The Kier molecular flexibility index (Phi) is 3.14. The van der Waals surface area contributed by atoms with Crippen LogP contribution in [0.25, 0.3) is 0 Å². The van der Waals surface area contributed by atoms with Crippen LogP contribution in [0, 0.1) is 29.6 Å². The van der Waals surface area contributed by atoms with Crippen LogP contribution >= 0.6 is 0 Å². The van der Waals surface area contributed by atoms with Crippen LogP contribution in [0.1, 0.15) is 64.2 Å². The molecular formula is C17H29N. The Hall–Kier alpha value is -0.0400. The molecule has 0 spiro atoms. The molecule has 0 radical (unpaired) electrons. The molecule has 0 aromatic heterocycles. The van der Waals surface area contributed by atoms with Crippen molar-refractivity contribution in [2.75, 3.05) is 6.54 Å². The summed E-state index contributed by atoms with van der Waals surface area (Å²) in [5.41, 5.74) is 0. The molecule has 1 N–H and O–H groups in total. The van der Waals surface area contributed by atoms with Gasteiger partial charge < -0.3 is 5.32 Å². The van der Waals surface area contributed by atoms with Crippen LogP contribution in [0.5, 0.6) is 0 Å². The van der Waals surface area contributed by atoms with Gasteiger partial charge in [0.15, 0.2) is 0 Å². The molecule has 5 aliphatic rings. The van der Waals surface area contributed by atoms with E-state index in [-0.39, 0.29) is 0 Å². The van der Waals surface area contributed by atoms with Crippen molar-refractivity contribution in [2.45, 2.75) is 70.3 Å². The summed E-state index contributed by atoms with van der Waals surface area (Å²) in [5.74, 6) is 5.55. The normalized spacial score (nSPS) is 47.7. The van der Waals surface area contributed by atoms with Gasteiger partial charge in [0.1, 0.15) is 0 Å². The van der Waals surface area contributed by atoms with Crippen LogP contribution in [0.4, 0.5) is 0 Å². The molecule has 1 heteroatoms. The summed E-state index contributed by atoms with van der Waals surface area (Å²) < 4.78 is 0. The first kappa shape index (κ1) is 11.8.